The Morgan fingerprint density at radius 2 is 1.92 bits per heavy atom. The zero-order chi connectivity index (χ0) is 16.5. The van der Waals surface area contributed by atoms with Crippen molar-refractivity contribution >= 4 is 16.8 Å². The fourth-order valence-electron chi connectivity index (χ4n) is 4.29. The highest BCUT2D eigenvalue weighted by molar-refractivity contribution is 5.79. The summed E-state index contributed by atoms with van der Waals surface area (Å²) in [5.41, 5.74) is 0.538. The second kappa shape index (κ2) is 6.38. The van der Waals surface area contributed by atoms with Crippen molar-refractivity contribution < 1.29 is 4.79 Å². The Balaban J connectivity index is 1.50. The van der Waals surface area contributed by atoms with Crippen LogP contribution < -0.4 is 5.56 Å². The Morgan fingerprint density at radius 1 is 1.12 bits per heavy atom. The number of hydrogen-bond acceptors (Lipinski definition) is 3. The van der Waals surface area contributed by atoms with Crippen molar-refractivity contribution in [2.24, 2.45) is 11.8 Å². The highest BCUT2D eigenvalue weighted by atomic mass is 16.2. The molecule has 5 nitrogen and oxygen atoms in total. The third-order valence-electron chi connectivity index (χ3n) is 5.68. The molecule has 2 aliphatic rings. The van der Waals surface area contributed by atoms with E-state index in [-0.39, 0.29) is 18.0 Å². The summed E-state index contributed by atoms with van der Waals surface area (Å²) in [6.07, 6.45) is 7.80. The highest BCUT2D eigenvalue weighted by Crippen LogP contribution is 2.36. The number of piperidine rings is 1. The molecule has 1 saturated carbocycles. The summed E-state index contributed by atoms with van der Waals surface area (Å²) in [4.78, 5) is 31.4. The minimum Gasteiger partial charge on any atom is -0.341 e. The number of hydrogen-bond donors (Lipinski definition) is 0. The van der Waals surface area contributed by atoms with Gasteiger partial charge >= 0.3 is 0 Å². The van der Waals surface area contributed by atoms with Crippen LogP contribution >= 0.6 is 0 Å². The summed E-state index contributed by atoms with van der Waals surface area (Å²) in [6, 6.07) is 7.26. The molecule has 1 aliphatic heterocycles. The van der Waals surface area contributed by atoms with Crippen LogP contribution in [0.5, 0.6) is 0 Å². The number of amides is 1. The van der Waals surface area contributed by atoms with Crippen LogP contribution in [0.25, 0.3) is 10.9 Å². The molecule has 0 N–H and O–H groups in total. The van der Waals surface area contributed by atoms with Gasteiger partial charge in [0.25, 0.3) is 5.56 Å². The molecule has 1 aromatic heterocycles. The van der Waals surface area contributed by atoms with E-state index in [0.29, 0.717) is 16.8 Å². The highest BCUT2D eigenvalue weighted by Gasteiger charge is 2.32. The quantitative estimate of drug-likeness (QED) is 0.852. The molecule has 2 heterocycles. The minimum atomic E-state index is -0.137. The van der Waals surface area contributed by atoms with Gasteiger partial charge in [-0.15, -0.1) is 0 Å². The fourth-order valence-corrected chi connectivity index (χ4v) is 4.29. The molecule has 2 fully saturated rings. The fraction of sp³-hybridized carbons (Fsp3) is 0.526. The number of rotatable bonds is 2. The van der Waals surface area contributed by atoms with Crippen LogP contribution in [0.3, 0.4) is 0 Å². The molecule has 5 heteroatoms. The Bertz CT molecular complexity index is 814. The molecule has 0 radical (unpaired) electrons. The van der Waals surface area contributed by atoms with E-state index in [1.54, 1.807) is 6.07 Å². The first-order valence-corrected chi connectivity index (χ1v) is 8.94. The summed E-state index contributed by atoms with van der Waals surface area (Å²) in [5.74, 6) is 1.49. The number of carbonyl (C=O) groups is 1. The maximum atomic E-state index is 12.7. The van der Waals surface area contributed by atoms with Crippen molar-refractivity contribution in [1.82, 2.24) is 14.5 Å². The summed E-state index contributed by atoms with van der Waals surface area (Å²) >= 11 is 0. The molecule has 1 aromatic carbocycles. The summed E-state index contributed by atoms with van der Waals surface area (Å²) in [6.45, 7) is 1.78. The molecule has 0 unspecified atom stereocenters. The van der Waals surface area contributed by atoms with Crippen molar-refractivity contribution in [1.29, 1.82) is 0 Å². The maximum Gasteiger partial charge on any atom is 0.261 e. The third kappa shape index (κ3) is 2.83. The first-order chi connectivity index (χ1) is 11.7. The SMILES string of the molecule is O=C(Cn1cnc2ccccc2c1=O)N1CC[C@H]2CCCC[C@H]2C1. The number of fused-ring (bicyclic) bond motifs is 2. The van der Waals surface area contributed by atoms with Crippen LogP contribution in [-0.4, -0.2) is 33.4 Å². The Morgan fingerprint density at radius 3 is 2.79 bits per heavy atom. The van der Waals surface area contributed by atoms with Crippen LogP contribution in [-0.2, 0) is 11.3 Å². The normalized spacial score (nSPS) is 23.9. The van der Waals surface area contributed by atoms with Gasteiger partial charge < -0.3 is 4.90 Å². The van der Waals surface area contributed by atoms with Crippen LogP contribution in [0.1, 0.15) is 32.1 Å². The molecule has 2 atom stereocenters. The number of carbonyl (C=O) groups excluding carboxylic acids is 1. The molecule has 24 heavy (non-hydrogen) atoms. The average Bonchev–Trinajstić information content (AvgIpc) is 2.64. The summed E-state index contributed by atoms with van der Waals surface area (Å²) in [7, 11) is 0. The minimum absolute atomic E-state index is 0.0400. The lowest BCUT2D eigenvalue weighted by Gasteiger charge is -2.41. The van der Waals surface area contributed by atoms with Gasteiger partial charge in [0.1, 0.15) is 6.54 Å². The first kappa shape index (κ1) is 15.4. The third-order valence-corrected chi connectivity index (χ3v) is 5.68. The lowest BCUT2D eigenvalue weighted by atomic mass is 9.75. The molecule has 1 aliphatic carbocycles. The van der Waals surface area contributed by atoms with Gasteiger partial charge in [0, 0.05) is 13.1 Å². The Kier molecular flexibility index (Phi) is 4.08. The molecule has 0 bridgehead atoms. The van der Waals surface area contributed by atoms with Gasteiger partial charge in [-0.05, 0) is 36.8 Å². The Hall–Kier alpha value is -2.17. The van der Waals surface area contributed by atoms with Crippen molar-refractivity contribution in [2.45, 2.75) is 38.6 Å². The van der Waals surface area contributed by atoms with Crippen LogP contribution in [0, 0.1) is 11.8 Å². The number of benzene rings is 1. The molecule has 4 rings (SSSR count). The lowest BCUT2D eigenvalue weighted by Crippen LogP contribution is -2.46. The van der Waals surface area contributed by atoms with Crippen LogP contribution in [0.2, 0.25) is 0 Å². The van der Waals surface area contributed by atoms with E-state index >= 15 is 0 Å². The molecular formula is C19H23N3O2. The lowest BCUT2D eigenvalue weighted by molar-refractivity contribution is -0.135. The number of para-hydroxylation sites is 1. The topological polar surface area (TPSA) is 55.2 Å². The van der Waals surface area contributed by atoms with Crippen LogP contribution in [0.4, 0.5) is 0 Å². The van der Waals surface area contributed by atoms with Crippen molar-refractivity contribution in [3.63, 3.8) is 0 Å². The van der Waals surface area contributed by atoms with Gasteiger partial charge in [-0.2, -0.15) is 0 Å². The van der Waals surface area contributed by atoms with E-state index in [1.807, 2.05) is 23.1 Å². The maximum absolute atomic E-state index is 12.7. The number of likely N-dealkylation sites (tertiary alicyclic amines) is 1. The predicted octanol–water partition coefficient (Wildman–Crippen LogP) is 2.44. The van der Waals surface area contributed by atoms with E-state index in [4.69, 9.17) is 0 Å². The zero-order valence-electron chi connectivity index (χ0n) is 13.9. The van der Waals surface area contributed by atoms with E-state index in [1.165, 1.54) is 36.6 Å². The molecular weight excluding hydrogens is 302 g/mol. The van der Waals surface area contributed by atoms with Gasteiger partial charge in [0.05, 0.1) is 17.2 Å². The van der Waals surface area contributed by atoms with Gasteiger partial charge in [-0.25, -0.2) is 4.98 Å². The molecule has 1 saturated heterocycles. The van der Waals surface area contributed by atoms with Crippen molar-refractivity contribution in [2.75, 3.05) is 13.1 Å². The second-order valence-electron chi connectivity index (χ2n) is 7.13. The van der Waals surface area contributed by atoms with E-state index in [2.05, 4.69) is 4.98 Å². The largest absolute Gasteiger partial charge is 0.341 e. The van der Waals surface area contributed by atoms with Gasteiger partial charge in [-0.1, -0.05) is 31.4 Å². The van der Waals surface area contributed by atoms with Gasteiger partial charge in [-0.3, -0.25) is 14.2 Å². The second-order valence-corrected chi connectivity index (χ2v) is 7.13. The summed E-state index contributed by atoms with van der Waals surface area (Å²) in [5, 5.41) is 0.568. The van der Waals surface area contributed by atoms with Crippen molar-refractivity contribution in [3.8, 4) is 0 Å². The standard InChI is InChI=1S/C19H23N3O2/c23-18(21-10-9-14-5-1-2-6-15(14)11-21)12-22-13-20-17-8-4-3-7-16(17)19(22)24/h3-4,7-8,13-15H,1-2,5-6,9-12H2/t14-,15+/m1/s1. The average molecular weight is 325 g/mol. The van der Waals surface area contributed by atoms with E-state index < -0.39 is 0 Å². The van der Waals surface area contributed by atoms with Gasteiger partial charge in [0.2, 0.25) is 5.91 Å². The molecule has 126 valence electrons. The van der Waals surface area contributed by atoms with E-state index in [0.717, 1.165) is 25.4 Å². The number of nitrogens with zero attached hydrogens (tertiary/aromatic N) is 3. The van der Waals surface area contributed by atoms with Crippen LogP contribution in [0.15, 0.2) is 35.4 Å². The molecule has 2 aromatic rings. The molecule has 1 amide bonds. The summed E-state index contributed by atoms with van der Waals surface area (Å²) < 4.78 is 1.44. The predicted molar refractivity (Wildman–Crippen MR) is 92.6 cm³/mol. The first-order valence-electron chi connectivity index (χ1n) is 8.94. The van der Waals surface area contributed by atoms with Crippen molar-refractivity contribution in [3.05, 3.63) is 40.9 Å². The monoisotopic (exact) mass is 325 g/mol. The Labute approximate surface area is 141 Å². The zero-order valence-corrected chi connectivity index (χ0v) is 13.9. The van der Waals surface area contributed by atoms with E-state index in [9.17, 15) is 9.59 Å². The smallest absolute Gasteiger partial charge is 0.261 e. The number of aromatic nitrogens is 2. The molecule has 0 spiro atoms. The van der Waals surface area contributed by atoms with Gasteiger partial charge in [0.15, 0.2) is 0 Å².